The van der Waals surface area contributed by atoms with Crippen LogP contribution in [0.5, 0.6) is 0 Å². The van der Waals surface area contributed by atoms with Gasteiger partial charge in [0.05, 0.1) is 5.69 Å². The first-order chi connectivity index (χ1) is 12.3. The highest BCUT2D eigenvalue weighted by atomic mass is 32.2. The molecule has 2 aromatic carbocycles. The maximum atomic E-state index is 12.8. The van der Waals surface area contributed by atoms with E-state index in [0.29, 0.717) is 22.5 Å². The molecule has 3 aromatic rings. The van der Waals surface area contributed by atoms with Crippen LogP contribution in [0.1, 0.15) is 34.2 Å². The molecule has 1 atom stereocenters. The summed E-state index contributed by atoms with van der Waals surface area (Å²) in [6.45, 7) is 1.56. The normalized spacial score (nSPS) is 14.0. The molecule has 1 aromatic heterocycles. The van der Waals surface area contributed by atoms with Gasteiger partial charge in [0, 0.05) is 18.3 Å². The molecule has 0 aliphatic heterocycles. The molecule has 1 heterocycles. The molecular formula is C20H20N2O3S. The first kappa shape index (κ1) is 18.1. The molecule has 0 saturated heterocycles. The van der Waals surface area contributed by atoms with Crippen LogP contribution in [-0.2, 0) is 21.8 Å². The minimum absolute atomic E-state index is 0.177. The Hall–Kier alpha value is -2.70. The van der Waals surface area contributed by atoms with Gasteiger partial charge in [-0.3, -0.25) is 4.79 Å². The van der Waals surface area contributed by atoms with Crippen molar-refractivity contribution in [2.24, 2.45) is 12.2 Å². The fraction of sp³-hybridized carbons (Fsp3) is 0.150. The summed E-state index contributed by atoms with van der Waals surface area (Å²) in [4.78, 5) is 12.8. The fourth-order valence-corrected chi connectivity index (χ4v) is 4.13. The predicted molar refractivity (Wildman–Crippen MR) is 101 cm³/mol. The van der Waals surface area contributed by atoms with Crippen molar-refractivity contribution in [2.75, 3.05) is 0 Å². The lowest BCUT2D eigenvalue weighted by molar-refractivity contribution is 0.103. The van der Waals surface area contributed by atoms with E-state index >= 15 is 0 Å². The number of carbonyl (C=O) groups is 1. The number of nitrogens with two attached hydrogens (primary N) is 1. The van der Waals surface area contributed by atoms with E-state index in [1.54, 1.807) is 79.2 Å². The van der Waals surface area contributed by atoms with Crippen molar-refractivity contribution in [1.29, 1.82) is 0 Å². The minimum Gasteiger partial charge on any atom is -0.343 e. The molecular weight excluding hydrogens is 348 g/mol. The Bertz CT molecular complexity index is 1040. The van der Waals surface area contributed by atoms with Crippen molar-refractivity contribution in [3.8, 4) is 0 Å². The lowest BCUT2D eigenvalue weighted by Crippen LogP contribution is -2.40. The molecule has 1 unspecified atom stereocenters. The van der Waals surface area contributed by atoms with Gasteiger partial charge in [-0.15, -0.1) is 0 Å². The van der Waals surface area contributed by atoms with E-state index in [2.05, 4.69) is 0 Å². The van der Waals surface area contributed by atoms with Gasteiger partial charge in [-0.25, -0.2) is 13.6 Å². The highest BCUT2D eigenvalue weighted by molar-refractivity contribution is 7.90. The molecule has 26 heavy (non-hydrogen) atoms. The molecule has 2 N–H and O–H groups in total. The summed E-state index contributed by atoms with van der Waals surface area (Å²) in [6.07, 6.45) is 0. The Morgan fingerprint density at radius 2 is 1.46 bits per heavy atom. The summed E-state index contributed by atoms with van der Waals surface area (Å²) < 4.78 is 25.2. The second-order valence-electron chi connectivity index (χ2n) is 6.30. The minimum atomic E-state index is -4.00. The fourth-order valence-electron chi connectivity index (χ4n) is 3.17. The van der Waals surface area contributed by atoms with Gasteiger partial charge in [-0.2, -0.15) is 0 Å². The van der Waals surface area contributed by atoms with Crippen LogP contribution in [0.2, 0.25) is 0 Å². The maximum absolute atomic E-state index is 12.8. The number of sulfonamides is 1. The highest BCUT2D eigenvalue weighted by Crippen LogP contribution is 2.36. The summed E-state index contributed by atoms with van der Waals surface area (Å²) in [6, 6.07) is 20.9. The number of carbonyl (C=O) groups excluding carboxylic acids is 1. The number of aromatic nitrogens is 1. The molecule has 0 amide bonds. The van der Waals surface area contributed by atoms with Crippen molar-refractivity contribution < 1.29 is 13.2 Å². The SMILES string of the molecule is Cn1c(C(=O)c2ccccc2)ccc1C(C)(c1ccccc1)S(N)(=O)=O. The third-order valence-electron chi connectivity index (χ3n) is 4.77. The Balaban J connectivity index is 2.17. The smallest absolute Gasteiger partial charge is 0.224 e. The predicted octanol–water partition coefficient (Wildman–Crippen LogP) is 2.81. The summed E-state index contributed by atoms with van der Waals surface area (Å²) in [5, 5.41) is 5.62. The first-order valence-corrected chi connectivity index (χ1v) is 9.65. The zero-order chi connectivity index (χ0) is 18.9. The average Bonchev–Trinajstić information content (AvgIpc) is 3.02. The van der Waals surface area contributed by atoms with Crippen LogP contribution in [0, 0.1) is 0 Å². The number of hydrogen-bond donors (Lipinski definition) is 1. The monoisotopic (exact) mass is 368 g/mol. The van der Waals surface area contributed by atoms with Gasteiger partial charge < -0.3 is 4.57 Å². The Morgan fingerprint density at radius 1 is 0.923 bits per heavy atom. The lowest BCUT2D eigenvalue weighted by atomic mass is 9.96. The van der Waals surface area contributed by atoms with Crippen LogP contribution in [0.15, 0.2) is 72.8 Å². The summed E-state index contributed by atoms with van der Waals surface area (Å²) in [5.41, 5.74) is 1.92. The molecule has 134 valence electrons. The van der Waals surface area contributed by atoms with Crippen LogP contribution in [0.3, 0.4) is 0 Å². The van der Waals surface area contributed by atoms with Crippen molar-refractivity contribution in [3.63, 3.8) is 0 Å². The Labute approximate surface area is 153 Å². The van der Waals surface area contributed by atoms with Gasteiger partial charge in [0.1, 0.15) is 4.75 Å². The van der Waals surface area contributed by atoms with Gasteiger partial charge in [0.15, 0.2) is 0 Å². The van der Waals surface area contributed by atoms with E-state index in [0.717, 1.165) is 0 Å². The lowest BCUT2D eigenvalue weighted by Gasteiger charge is -2.29. The molecule has 6 heteroatoms. The van der Waals surface area contributed by atoms with E-state index in [1.807, 2.05) is 12.1 Å². The van der Waals surface area contributed by atoms with Crippen LogP contribution in [0.25, 0.3) is 0 Å². The topological polar surface area (TPSA) is 82.2 Å². The third kappa shape index (κ3) is 2.87. The van der Waals surface area contributed by atoms with Gasteiger partial charge >= 0.3 is 0 Å². The van der Waals surface area contributed by atoms with E-state index in [1.165, 1.54) is 0 Å². The van der Waals surface area contributed by atoms with E-state index in [4.69, 9.17) is 5.14 Å². The van der Waals surface area contributed by atoms with Crippen molar-refractivity contribution in [3.05, 3.63) is 95.3 Å². The summed E-state index contributed by atoms with van der Waals surface area (Å²) in [7, 11) is -2.32. The molecule has 0 bridgehead atoms. The molecule has 5 nitrogen and oxygen atoms in total. The van der Waals surface area contributed by atoms with Crippen LogP contribution < -0.4 is 5.14 Å². The number of nitrogens with zero attached hydrogens (tertiary/aromatic N) is 1. The number of benzene rings is 2. The summed E-state index contributed by atoms with van der Waals surface area (Å²) in [5.74, 6) is -0.177. The number of ketones is 1. The molecule has 0 saturated carbocycles. The van der Waals surface area contributed by atoms with Crippen LogP contribution in [0.4, 0.5) is 0 Å². The van der Waals surface area contributed by atoms with Crippen LogP contribution in [-0.4, -0.2) is 18.8 Å². The number of hydrogen-bond acceptors (Lipinski definition) is 3. The van der Waals surface area contributed by atoms with E-state index in [-0.39, 0.29) is 5.78 Å². The standard InChI is InChI=1S/C20H20N2O3S/c1-20(26(21,24)25,16-11-7-4-8-12-16)18-14-13-17(22(18)2)19(23)15-9-5-3-6-10-15/h3-14H,1-2H3,(H2,21,24,25). The van der Waals surface area contributed by atoms with Crippen molar-refractivity contribution in [2.45, 2.75) is 11.7 Å². The molecule has 0 aliphatic rings. The molecule has 0 aliphatic carbocycles. The quantitative estimate of drug-likeness (QED) is 0.703. The van der Waals surface area contributed by atoms with Gasteiger partial charge in [-0.05, 0) is 24.6 Å². The third-order valence-corrected chi connectivity index (χ3v) is 6.36. The zero-order valence-electron chi connectivity index (χ0n) is 14.6. The molecule has 3 rings (SSSR count). The Morgan fingerprint density at radius 3 is 2.00 bits per heavy atom. The maximum Gasteiger partial charge on any atom is 0.224 e. The van der Waals surface area contributed by atoms with Crippen molar-refractivity contribution in [1.82, 2.24) is 4.57 Å². The van der Waals surface area contributed by atoms with Gasteiger partial charge in [0.2, 0.25) is 15.8 Å². The summed E-state index contributed by atoms with van der Waals surface area (Å²) >= 11 is 0. The highest BCUT2D eigenvalue weighted by Gasteiger charge is 2.43. The van der Waals surface area contributed by atoms with Crippen LogP contribution >= 0.6 is 0 Å². The van der Waals surface area contributed by atoms with E-state index in [9.17, 15) is 13.2 Å². The second kappa shape index (κ2) is 6.55. The largest absolute Gasteiger partial charge is 0.343 e. The van der Waals surface area contributed by atoms with Gasteiger partial charge in [0.25, 0.3) is 0 Å². The molecule has 0 fully saturated rings. The molecule has 0 spiro atoms. The van der Waals surface area contributed by atoms with E-state index < -0.39 is 14.8 Å². The van der Waals surface area contributed by atoms with Gasteiger partial charge in [-0.1, -0.05) is 60.7 Å². The van der Waals surface area contributed by atoms with Crippen molar-refractivity contribution >= 4 is 15.8 Å². The number of primary sulfonamides is 1. The molecule has 0 radical (unpaired) electrons. The second-order valence-corrected chi connectivity index (χ2v) is 8.21. The average molecular weight is 368 g/mol. The zero-order valence-corrected chi connectivity index (χ0v) is 15.4. The Kier molecular flexibility index (Phi) is 4.56. The number of rotatable bonds is 5. The first-order valence-electron chi connectivity index (χ1n) is 8.10.